The summed E-state index contributed by atoms with van der Waals surface area (Å²) in [4.78, 5) is 22.5. The molecule has 1 aliphatic rings. The average Bonchev–Trinajstić information content (AvgIpc) is 2.86. The van der Waals surface area contributed by atoms with E-state index in [2.05, 4.69) is 10.5 Å². The molecule has 1 saturated carbocycles. The molecule has 2 unspecified atom stereocenters. The van der Waals surface area contributed by atoms with Crippen LogP contribution in [-0.4, -0.2) is 28.2 Å². The van der Waals surface area contributed by atoms with Crippen molar-refractivity contribution in [3.63, 3.8) is 0 Å². The first-order chi connectivity index (χ1) is 8.08. The smallest absolute Gasteiger partial charge is 0.306 e. The lowest BCUT2D eigenvalue weighted by molar-refractivity contribution is -0.141. The van der Waals surface area contributed by atoms with Crippen LogP contribution in [0.5, 0.6) is 0 Å². The predicted octanol–water partition coefficient (Wildman–Crippen LogP) is 0.966. The Morgan fingerprint density at radius 3 is 2.82 bits per heavy atom. The number of carbonyl (C=O) groups excluding carboxylic acids is 1. The van der Waals surface area contributed by atoms with Gasteiger partial charge in [-0.3, -0.25) is 9.59 Å². The number of hydrogen-bond acceptors (Lipinski definition) is 4. The van der Waals surface area contributed by atoms with E-state index in [4.69, 9.17) is 9.63 Å². The van der Waals surface area contributed by atoms with E-state index in [0.717, 1.165) is 0 Å². The third kappa shape index (κ3) is 2.46. The van der Waals surface area contributed by atoms with Gasteiger partial charge in [-0.15, -0.1) is 0 Å². The minimum absolute atomic E-state index is 0.0897. The molecule has 2 atom stereocenters. The van der Waals surface area contributed by atoms with Crippen LogP contribution in [0.1, 0.15) is 35.4 Å². The zero-order chi connectivity index (χ0) is 12.4. The lowest BCUT2D eigenvalue weighted by atomic mass is 10.1. The SMILES string of the molecule is Cc1cnoc1C(=O)NC1CCC(C(=O)O)C1. The summed E-state index contributed by atoms with van der Waals surface area (Å²) in [5.74, 6) is -1.27. The zero-order valence-electron chi connectivity index (χ0n) is 9.47. The summed E-state index contributed by atoms with van der Waals surface area (Å²) >= 11 is 0. The van der Waals surface area contributed by atoms with Gasteiger partial charge in [0.2, 0.25) is 5.76 Å². The molecule has 1 aromatic rings. The van der Waals surface area contributed by atoms with Gasteiger partial charge in [0.05, 0.1) is 12.1 Å². The van der Waals surface area contributed by atoms with Crippen LogP contribution in [0.15, 0.2) is 10.7 Å². The normalized spacial score (nSPS) is 23.6. The first-order valence-electron chi connectivity index (χ1n) is 5.53. The number of carboxylic acid groups (broad SMARTS) is 1. The number of aromatic nitrogens is 1. The summed E-state index contributed by atoms with van der Waals surface area (Å²) in [6, 6.07) is -0.0897. The van der Waals surface area contributed by atoms with E-state index in [1.807, 2.05) is 0 Å². The fourth-order valence-electron chi connectivity index (χ4n) is 2.10. The molecule has 0 radical (unpaired) electrons. The molecule has 0 spiro atoms. The van der Waals surface area contributed by atoms with E-state index in [0.29, 0.717) is 24.8 Å². The summed E-state index contributed by atoms with van der Waals surface area (Å²) in [5, 5.41) is 15.2. The maximum Gasteiger partial charge on any atom is 0.306 e. The van der Waals surface area contributed by atoms with Crippen LogP contribution in [-0.2, 0) is 4.79 Å². The van der Waals surface area contributed by atoms with Crippen molar-refractivity contribution >= 4 is 11.9 Å². The van der Waals surface area contributed by atoms with Crippen molar-refractivity contribution in [2.75, 3.05) is 0 Å². The molecule has 0 saturated heterocycles. The molecule has 1 amide bonds. The second-order valence-corrected chi connectivity index (χ2v) is 4.36. The highest BCUT2D eigenvalue weighted by Crippen LogP contribution is 2.25. The Kier molecular flexibility index (Phi) is 3.12. The molecule has 92 valence electrons. The van der Waals surface area contributed by atoms with Gasteiger partial charge in [-0.25, -0.2) is 0 Å². The monoisotopic (exact) mass is 238 g/mol. The van der Waals surface area contributed by atoms with Gasteiger partial charge >= 0.3 is 5.97 Å². The number of amides is 1. The molecule has 2 N–H and O–H groups in total. The molecule has 6 nitrogen and oxygen atoms in total. The summed E-state index contributed by atoms with van der Waals surface area (Å²) in [5.41, 5.74) is 0.676. The number of nitrogens with one attached hydrogen (secondary N) is 1. The molecular formula is C11H14N2O4. The van der Waals surface area contributed by atoms with Crippen molar-refractivity contribution in [2.24, 2.45) is 5.92 Å². The summed E-state index contributed by atoms with van der Waals surface area (Å²) in [6.45, 7) is 1.74. The molecule has 1 heterocycles. The van der Waals surface area contributed by atoms with Gasteiger partial charge in [0, 0.05) is 11.6 Å². The Balaban J connectivity index is 1.93. The minimum Gasteiger partial charge on any atom is -0.481 e. The van der Waals surface area contributed by atoms with E-state index in [1.165, 1.54) is 6.20 Å². The van der Waals surface area contributed by atoms with Crippen molar-refractivity contribution in [3.05, 3.63) is 17.5 Å². The third-order valence-corrected chi connectivity index (χ3v) is 3.07. The Bertz CT molecular complexity index is 440. The Morgan fingerprint density at radius 2 is 2.29 bits per heavy atom. The van der Waals surface area contributed by atoms with E-state index < -0.39 is 5.97 Å². The lowest BCUT2D eigenvalue weighted by Crippen LogP contribution is -2.33. The summed E-state index contributed by atoms with van der Waals surface area (Å²) < 4.78 is 4.83. The van der Waals surface area contributed by atoms with E-state index in [-0.39, 0.29) is 23.6 Å². The Hall–Kier alpha value is -1.85. The number of aryl methyl sites for hydroxylation is 1. The number of rotatable bonds is 3. The molecular weight excluding hydrogens is 224 g/mol. The molecule has 2 rings (SSSR count). The van der Waals surface area contributed by atoms with Crippen LogP contribution in [0, 0.1) is 12.8 Å². The average molecular weight is 238 g/mol. The molecule has 17 heavy (non-hydrogen) atoms. The molecule has 0 aliphatic heterocycles. The lowest BCUT2D eigenvalue weighted by Gasteiger charge is -2.10. The fraction of sp³-hybridized carbons (Fsp3) is 0.545. The first kappa shape index (κ1) is 11.6. The predicted molar refractivity (Wildman–Crippen MR) is 57.5 cm³/mol. The Morgan fingerprint density at radius 1 is 1.53 bits per heavy atom. The fourth-order valence-corrected chi connectivity index (χ4v) is 2.10. The highest BCUT2D eigenvalue weighted by Gasteiger charge is 2.31. The minimum atomic E-state index is -0.794. The van der Waals surface area contributed by atoms with Gasteiger partial charge in [-0.05, 0) is 26.2 Å². The van der Waals surface area contributed by atoms with E-state index in [9.17, 15) is 9.59 Å². The summed E-state index contributed by atoms with van der Waals surface area (Å²) in [6.07, 6.45) is 3.25. The highest BCUT2D eigenvalue weighted by molar-refractivity contribution is 5.92. The van der Waals surface area contributed by atoms with E-state index >= 15 is 0 Å². The van der Waals surface area contributed by atoms with E-state index in [1.54, 1.807) is 6.92 Å². The van der Waals surface area contributed by atoms with Gasteiger partial charge < -0.3 is 14.9 Å². The van der Waals surface area contributed by atoms with Gasteiger partial charge in [0.15, 0.2) is 0 Å². The van der Waals surface area contributed by atoms with Crippen molar-refractivity contribution in [3.8, 4) is 0 Å². The number of carboxylic acids is 1. The van der Waals surface area contributed by atoms with Gasteiger partial charge in [-0.1, -0.05) is 5.16 Å². The van der Waals surface area contributed by atoms with Crippen LogP contribution < -0.4 is 5.32 Å². The largest absolute Gasteiger partial charge is 0.481 e. The van der Waals surface area contributed by atoms with Crippen molar-refractivity contribution in [2.45, 2.75) is 32.2 Å². The van der Waals surface area contributed by atoms with Crippen molar-refractivity contribution in [1.29, 1.82) is 0 Å². The van der Waals surface area contributed by atoms with Crippen LogP contribution in [0.25, 0.3) is 0 Å². The number of carbonyl (C=O) groups is 2. The van der Waals surface area contributed by atoms with Crippen molar-refractivity contribution < 1.29 is 19.2 Å². The van der Waals surface area contributed by atoms with Gasteiger partial charge in [0.1, 0.15) is 0 Å². The quantitative estimate of drug-likeness (QED) is 0.818. The zero-order valence-corrected chi connectivity index (χ0v) is 9.47. The second-order valence-electron chi connectivity index (χ2n) is 4.36. The number of nitrogens with zero attached hydrogens (tertiary/aromatic N) is 1. The third-order valence-electron chi connectivity index (χ3n) is 3.07. The molecule has 1 fully saturated rings. The molecule has 0 aromatic carbocycles. The topological polar surface area (TPSA) is 92.4 Å². The Labute approximate surface area is 98.0 Å². The standard InChI is InChI=1S/C11H14N2O4/c1-6-5-12-17-9(6)10(14)13-8-3-2-7(4-8)11(15)16/h5,7-8H,2-4H2,1H3,(H,13,14)(H,15,16). The maximum atomic E-state index is 11.8. The first-order valence-corrected chi connectivity index (χ1v) is 5.53. The number of aliphatic carboxylic acids is 1. The van der Waals surface area contributed by atoms with Crippen LogP contribution >= 0.6 is 0 Å². The van der Waals surface area contributed by atoms with Gasteiger partial charge in [-0.2, -0.15) is 0 Å². The second kappa shape index (κ2) is 4.57. The molecule has 1 aromatic heterocycles. The van der Waals surface area contributed by atoms with Crippen molar-refractivity contribution in [1.82, 2.24) is 10.5 Å². The van der Waals surface area contributed by atoms with Gasteiger partial charge in [0.25, 0.3) is 5.91 Å². The summed E-state index contributed by atoms with van der Waals surface area (Å²) in [7, 11) is 0. The molecule has 6 heteroatoms. The highest BCUT2D eigenvalue weighted by atomic mass is 16.5. The number of hydrogen-bond donors (Lipinski definition) is 2. The molecule has 1 aliphatic carbocycles. The molecule has 0 bridgehead atoms. The van der Waals surface area contributed by atoms with Crippen LogP contribution in [0.3, 0.4) is 0 Å². The van der Waals surface area contributed by atoms with Crippen LogP contribution in [0.4, 0.5) is 0 Å². The maximum absolute atomic E-state index is 11.8. The van der Waals surface area contributed by atoms with Crippen LogP contribution in [0.2, 0.25) is 0 Å².